The molecule has 2 nitrogen and oxygen atoms in total. The summed E-state index contributed by atoms with van der Waals surface area (Å²) < 4.78 is 36.0. The van der Waals surface area contributed by atoms with Crippen LogP contribution in [0.3, 0.4) is 0 Å². The highest BCUT2D eigenvalue weighted by Gasteiger charge is 2.32. The van der Waals surface area contributed by atoms with E-state index >= 15 is 0 Å². The van der Waals surface area contributed by atoms with Crippen molar-refractivity contribution in [3.8, 4) is 0 Å². The molecule has 17 heavy (non-hydrogen) atoms. The summed E-state index contributed by atoms with van der Waals surface area (Å²) in [6, 6.07) is 0. The molecule has 0 aromatic carbocycles. The molecule has 0 unspecified atom stereocenters. The first kappa shape index (κ1) is 14.3. The van der Waals surface area contributed by atoms with Crippen molar-refractivity contribution in [2.45, 2.75) is 58.7 Å². The maximum Gasteiger partial charge on any atom is 0.593 e. The Labute approximate surface area is 100 Å². The Morgan fingerprint density at radius 2 is 1.82 bits per heavy atom. The van der Waals surface area contributed by atoms with Gasteiger partial charge in [-0.3, -0.25) is 4.84 Å². The molecule has 0 radical (unpaired) electrons. The Bertz CT molecular complexity index is 255. The molecular formula is C12H20F3NO. The first-order valence-corrected chi connectivity index (χ1v) is 6.20. The maximum absolute atomic E-state index is 12.0. The van der Waals surface area contributed by atoms with Gasteiger partial charge in [0.2, 0.25) is 0 Å². The van der Waals surface area contributed by atoms with Gasteiger partial charge in [-0.2, -0.15) is 0 Å². The number of hydrogen-bond acceptors (Lipinski definition) is 2. The van der Waals surface area contributed by atoms with E-state index in [-0.39, 0.29) is 5.92 Å². The van der Waals surface area contributed by atoms with Gasteiger partial charge >= 0.3 is 6.36 Å². The van der Waals surface area contributed by atoms with Crippen molar-refractivity contribution in [3.05, 3.63) is 0 Å². The summed E-state index contributed by atoms with van der Waals surface area (Å²) in [6.45, 7) is 3.96. The van der Waals surface area contributed by atoms with E-state index in [2.05, 4.69) is 9.99 Å². The minimum atomic E-state index is -4.67. The molecule has 0 bridgehead atoms. The third-order valence-electron chi connectivity index (χ3n) is 2.96. The smallest absolute Gasteiger partial charge is 0.294 e. The van der Waals surface area contributed by atoms with E-state index < -0.39 is 6.36 Å². The fourth-order valence-corrected chi connectivity index (χ4v) is 2.24. The third kappa shape index (κ3) is 5.94. The molecule has 0 aliphatic heterocycles. The average Bonchev–Trinajstić information content (AvgIpc) is 2.24. The van der Waals surface area contributed by atoms with Crippen LogP contribution in [0.15, 0.2) is 5.16 Å². The molecule has 1 rings (SSSR count). The lowest BCUT2D eigenvalue weighted by Gasteiger charge is -2.24. The van der Waals surface area contributed by atoms with Crippen molar-refractivity contribution >= 4 is 5.71 Å². The van der Waals surface area contributed by atoms with Crippen molar-refractivity contribution < 1.29 is 18.0 Å². The van der Waals surface area contributed by atoms with Gasteiger partial charge in [0, 0.05) is 5.92 Å². The molecule has 0 aromatic heterocycles. The van der Waals surface area contributed by atoms with Gasteiger partial charge in [-0.1, -0.05) is 38.3 Å². The Kier molecular flexibility index (Phi) is 5.28. The van der Waals surface area contributed by atoms with Crippen molar-refractivity contribution in [2.75, 3.05) is 0 Å². The van der Waals surface area contributed by atoms with Crippen molar-refractivity contribution in [2.24, 2.45) is 17.0 Å². The minimum Gasteiger partial charge on any atom is -0.294 e. The lowest BCUT2D eigenvalue weighted by atomic mass is 9.83. The van der Waals surface area contributed by atoms with E-state index in [0.717, 1.165) is 25.7 Å². The monoisotopic (exact) mass is 251 g/mol. The van der Waals surface area contributed by atoms with E-state index in [1.54, 1.807) is 0 Å². The molecule has 0 N–H and O–H groups in total. The Hall–Kier alpha value is -0.740. The first-order valence-electron chi connectivity index (χ1n) is 6.20. The van der Waals surface area contributed by atoms with Crippen LogP contribution in [0.2, 0.25) is 0 Å². The van der Waals surface area contributed by atoms with Gasteiger partial charge in [-0.25, -0.2) is 0 Å². The zero-order chi connectivity index (χ0) is 12.9. The van der Waals surface area contributed by atoms with Gasteiger partial charge in [0.05, 0.1) is 5.71 Å². The topological polar surface area (TPSA) is 21.6 Å². The van der Waals surface area contributed by atoms with Crippen LogP contribution in [0.25, 0.3) is 0 Å². The van der Waals surface area contributed by atoms with Crippen LogP contribution in [-0.2, 0) is 4.84 Å². The van der Waals surface area contributed by atoms with Crippen LogP contribution in [0.1, 0.15) is 52.4 Å². The summed E-state index contributed by atoms with van der Waals surface area (Å²) in [5.41, 5.74) is 0.581. The molecular weight excluding hydrogens is 231 g/mol. The van der Waals surface area contributed by atoms with E-state index in [4.69, 9.17) is 0 Å². The van der Waals surface area contributed by atoms with Gasteiger partial charge in [0.1, 0.15) is 0 Å². The van der Waals surface area contributed by atoms with Crippen molar-refractivity contribution in [1.29, 1.82) is 0 Å². The minimum absolute atomic E-state index is 0.175. The largest absolute Gasteiger partial charge is 0.593 e. The van der Waals surface area contributed by atoms with E-state index in [0.29, 0.717) is 18.1 Å². The fourth-order valence-electron chi connectivity index (χ4n) is 2.24. The fraction of sp³-hybridized carbons (Fsp3) is 0.917. The first-order chi connectivity index (χ1) is 7.88. The average molecular weight is 251 g/mol. The highest BCUT2D eigenvalue weighted by molar-refractivity contribution is 5.86. The lowest BCUT2D eigenvalue weighted by molar-refractivity contribution is -0.325. The second kappa shape index (κ2) is 6.26. The van der Waals surface area contributed by atoms with Crippen molar-refractivity contribution in [3.63, 3.8) is 0 Å². The second-order valence-corrected chi connectivity index (χ2v) is 5.05. The molecule has 1 aliphatic rings. The summed E-state index contributed by atoms with van der Waals surface area (Å²) >= 11 is 0. The molecule has 1 fully saturated rings. The van der Waals surface area contributed by atoms with Crippen LogP contribution in [0, 0.1) is 11.8 Å². The number of hydrogen-bond donors (Lipinski definition) is 0. The van der Waals surface area contributed by atoms with Crippen LogP contribution in [0.5, 0.6) is 0 Å². The third-order valence-corrected chi connectivity index (χ3v) is 2.96. The molecule has 0 saturated heterocycles. The normalized spacial score (nSPS) is 19.8. The highest BCUT2D eigenvalue weighted by atomic mass is 19.4. The number of halogens is 3. The standard InChI is InChI=1S/C12H20F3NO/c1-9(2)8-11(16-17-12(13,14)15)10-6-4-3-5-7-10/h9-10H,3-8H2,1-2H3/b16-11+. The number of oxime groups is 1. The predicted molar refractivity (Wildman–Crippen MR) is 60.6 cm³/mol. The summed E-state index contributed by atoms with van der Waals surface area (Å²) in [5.74, 6) is 0.473. The van der Waals surface area contributed by atoms with Crippen LogP contribution < -0.4 is 0 Å². The number of rotatable bonds is 4. The number of alkyl halides is 3. The van der Waals surface area contributed by atoms with Gasteiger partial charge < -0.3 is 0 Å². The van der Waals surface area contributed by atoms with E-state index in [1.807, 2.05) is 13.8 Å². The van der Waals surface area contributed by atoms with Gasteiger partial charge in [0.15, 0.2) is 0 Å². The van der Waals surface area contributed by atoms with Crippen LogP contribution >= 0.6 is 0 Å². The zero-order valence-electron chi connectivity index (χ0n) is 10.4. The molecule has 0 heterocycles. The SMILES string of the molecule is CC(C)C/C(=N\OC(F)(F)F)C1CCCCC1. The van der Waals surface area contributed by atoms with Crippen molar-refractivity contribution in [1.82, 2.24) is 0 Å². The molecule has 5 heteroatoms. The summed E-state index contributed by atoms with van der Waals surface area (Å²) in [7, 11) is 0. The Balaban J connectivity index is 2.64. The summed E-state index contributed by atoms with van der Waals surface area (Å²) in [4.78, 5) is 3.63. The summed E-state index contributed by atoms with van der Waals surface area (Å²) in [5, 5.41) is 3.35. The molecule has 0 aromatic rings. The predicted octanol–water partition coefficient (Wildman–Crippen LogP) is 4.51. The molecule has 0 spiro atoms. The van der Waals surface area contributed by atoms with Gasteiger partial charge in [-0.05, 0) is 25.2 Å². The van der Waals surface area contributed by atoms with E-state index in [1.165, 1.54) is 6.42 Å². The number of nitrogens with zero attached hydrogens (tertiary/aromatic N) is 1. The van der Waals surface area contributed by atoms with E-state index in [9.17, 15) is 13.2 Å². The molecule has 1 saturated carbocycles. The quantitative estimate of drug-likeness (QED) is 0.532. The Morgan fingerprint density at radius 3 is 2.29 bits per heavy atom. The van der Waals surface area contributed by atoms with Gasteiger partial charge in [-0.15, -0.1) is 13.2 Å². The molecule has 100 valence electrons. The highest BCUT2D eigenvalue weighted by Crippen LogP contribution is 2.28. The Morgan fingerprint density at radius 1 is 1.24 bits per heavy atom. The summed E-state index contributed by atoms with van der Waals surface area (Å²) in [6.07, 6.45) is 1.12. The molecule has 0 atom stereocenters. The molecule has 1 aliphatic carbocycles. The molecule has 0 amide bonds. The zero-order valence-corrected chi connectivity index (χ0v) is 10.4. The lowest BCUT2D eigenvalue weighted by Crippen LogP contribution is -2.21. The van der Waals surface area contributed by atoms with Crippen LogP contribution in [-0.4, -0.2) is 12.1 Å². The van der Waals surface area contributed by atoms with Gasteiger partial charge in [0.25, 0.3) is 0 Å². The van der Waals surface area contributed by atoms with Crippen LogP contribution in [0.4, 0.5) is 13.2 Å². The maximum atomic E-state index is 12.0. The second-order valence-electron chi connectivity index (χ2n) is 5.05.